The molecule has 0 unspecified atom stereocenters. The van der Waals surface area contributed by atoms with Crippen molar-refractivity contribution < 1.29 is 14.3 Å². The van der Waals surface area contributed by atoms with Gasteiger partial charge in [0.05, 0.1) is 18.7 Å². The Bertz CT molecular complexity index is 505. The Morgan fingerprint density at radius 3 is 2.67 bits per heavy atom. The first kappa shape index (κ1) is 12.9. The second kappa shape index (κ2) is 5.01. The van der Waals surface area contributed by atoms with Gasteiger partial charge in [-0.05, 0) is 25.8 Å². The zero-order chi connectivity index (χ0) is 13.2. The van der Waals surface area contributed by atoms with E-state index >= 15 is 0 Å². The van der Waals surface area contributed by atoms with Gasteiger partial charge in [-0.1, -0.05) is 11.6 Å². The summed E-state index contributed by atoms with van der Waals surface area (Å²) in [6.07, 6.45) is 3.25. The van der Waals surface area contributed by atoms with Crippen molar-refractivity contribution in [2.45, 2.75) is 25.3 Å². The molecule has 0 N–H and O–H groups in total. The Hall–Kier alpha value is -1.51. The second-order valence-corrected chi connectivity index (χ2v) is 4.56. The van der Waals surface area contributed by atoms with Crippen LogP contribution in [0.4, 0.5) is 0 Å². The second-order valence-electron chi connectivity index (χ2n) is 4.15. The third-order valence-corrected chi connectivity index (χ3v) is 3.33. The zero-order valence-electron chi connectivity index (χ0n) is 10.3. The normalized spacial score (nSPS) is 15.7. The van der Waals surface area contributed by atoms with Gasteiger partial charge in [0.25, 0.3) is 0 Å². The van der Waals surface area contributed by atoms with E-state index in [-0.39, 0.29) is 0 Å². The van der Waals surface area contributed by atoms with E-state index in [1.54, 1.807) is 25.3 Å². The van der Waals surface area contributed by atoms with E-state index in [1.165, 1.54) is 0 Å². The molecule has 5 heteroatoms. The van der Waals surface area contributed by atoms with E-state index < -0.39 is 5.54 Å². The molecule has 1 saturated carbocycles. The van der Waals surface area contributed by atoms with Gasteiger partial charge in [-0.25, -0.2) is 4.79 Å². The van der Waals surface area contributed by atoms with Gasteiger partial charge in [0.1, 0.15) is 17.0 Å². The summed E-state index contributed by atoms with van der Waals surface area (Å²) in [4.78, 5) is 14.4. The standard InChI is InChI=1S/C13H14ClNO3/c1-3-18-11-7-12(17-2)10(14)6-9(11)13(4-5-13)15-8-16/h6-7H,3-5H2,1-2H3. The molecule has 0 bridgehead atoms. The Morgan fingerprint density at radius 1 is 1.44 bits per heavy atom. The van der Waals surface area contributed by atoms with Crippen LogP contribution < -0.4 is 9.47 Å². The largest absolute Gasteiger partial charge is 0.495 e. The number of aliphatic imine (C=N–C) groups is 1. The predicted molar refractivity (Wildman–Crippen MR) is 68.2 cm³/mol. The lowest BCUT2D eigenvalue weighted by molar-refractivity contribution is 0.329. The van der Waals surface area contributed by atoms with E-state index in [1.807, 2.05) is 6.92 Å². The van der Waals surface area contributed by atoms with Gasteiger partial charge in [-0.15, -0.1) is 0 Å². The van der Waals surface area contributed by atoms with Crippen molar-refractivity contribution in [3.05, 3.63) is 22.7 Å². The molecule has 1 aliphatic carbocycles. The van der Waals surface area contributed by atoms with E-state index in [4.69, 9.17) is 21.1 Å². The van der Waals surface area contributed by atoms with Crippen molar-refractivity contribution in [1.82, 2.24) is 0 Å². The number of carbonyl (C=O) groups excluding carboxylic acids is 1. The van der Waals surface area contributed by atoms with Gasteiger partial charge in [-0.3, -0.25) is 0 Å². The summed E-state index contributed by atoms with van der Waals surface area (Å²) < 4.78 is 10.7. The highest BCUT2D eigenvalue weighted by molar-refractivity contribution is 6.32. The number of hydrogen-bond donors (Lipinski definition) is 0. The fraction of sp³-hybridized carbons (Fsp3) is 0.462. The molecule has 18 heavy (non-hydrogen) atoms. The Kier molecular flexibility index (Phi) is 3.60. The molecule has 1 aliphatic rings. The fourth-order valence-electron chi connectivity index (χ4n) is 1.98. The van der Waals surface area contributed by atoms with Gasteiger partial charge in [0.15, 0.2) is 0 Å². The van der Waals surface area contributed by atoms with Crippen molar-refractivity contribution in [1.29, 1.82) is 0 Å². The Labute approximate surface area is 111 Å². The highest BCUT2D eigenvalue weighted by atomic mass is 35.5. The molecule has 0 aromatic heterocycles. The average molecular weight is 268 g/mol. The number of rotatable bonds is 5. The summed E-state index contributed by atoms with van der Waals surface area (Å²) in [5, 5.41) is 0.489. The molecule has 4 nitrogen and oxygen atoms in total. The van der Waals surface area contributed by atoms with Crippen molar-refractivity contribution >= 4 is 17.7 Å². The minimum Gasteiger partial charge on any atom is -0.495 e. The first-order chi connectivity index (χ1) is 8.66. The maximum Gasteiger partial charge on any atom is 0.235 e. The number of hydrogen-bond acceptors (Lipinski definition) is 4. The molecule has 1 aromatic carbocycles. The molecule has 0 amide bonds. The average Bonchev–Trinajstić information content (AvgIpc) is 3.12. The number of ether oxygens (including phenoxy) is 2. The minimum atomic E-state index is -0.498. The highest BCUT2D eigenvalue weighted by Gasteiger charge is 2.47. The molecule has 0 spiro atoms. The number of benzene rings is 1. The summed E-state index contributed by atoms with van der Waals surface area (Å²) in [6.45, 7) is 2.42. The van der Waals surface area contributed by atoms with E-state index in [0.29, 0.717) is 23.1 Å². The van der Waals surface area contributed by atoms with Gasteiger partial charge in [0.2, 0.25) is 6.08 Å². The van der Waals surface area contributed by atoms with Crippen LogP contribution in [0.5, 0.6) is 11.5 Å². The summed E-state index contributed by atoms with van der Waals surface area (Å²) >= 11 is 6.11. The minimum absolute atomic E-state index is 0.489. The zero-order valence-corrected chi connectivity index (χ0v) is 11.1. The lowest BCUT2D eigenvalue weighted by Crippen LogP contribution is -2.07. The van der Waals surface area contributed by atoms with Crippen LogP contribution in [0.15, 0.2) is 17.1 Å². The maximum atomic E-state index is 10.5. The Balaban J connectivity index is 2.51. The monoisotopic (exact) mass is 267 g/mol. The van der Waals surface area contributed by atoms with Gasteiger partial charge < -0.3 is 9.47 Å². The molecule has 1 aromatic rings. The molecule has 2 rings (SSSR count). The Morgan fingerprint density at radius 2 is 2.17 bits per heavy atom. The molecule has 0 heterocycles. The van der Waals surface area contributed by atoms with Crippen LogP contribution in [-0.2, 0) is 10.3 Å². The molecule has 1 fully saturated rings. The predicted octanol–water partition coefficient (Wildman–Crippen LogP) is 3.07. The molecule has 0 saturated heterocycles. The van der Waals surface area contributed by atoms with Crippen LogP contribution >= 0.6 is 11.6 Å². The van der Waals surface area contributed by atoms with Crippen LogP contribution in [-0.4, -0.2) is 19.8 Å². The molecule has 96 valence electrons. The van der Waals surface area contributed by atoms with Crippen molar-refractivity contribution in [3.63, 3.8) is 0 Å². The third kappa shape index (κ3) is 2.22. The topological polar surface area (TPSA) is 47.9 Å². The van der Waals surface area contributed by atoms with Crippen LogP contribution in [0.25, 0.3) is 0 Å². The summed E-state index contributed by atoms with van der Waals surface area (Å²) in [6, 6.07) is 3.50. The van der Waals surface area contributed by atoms with E-state index in [9.17, 15) is 4.79 Å². The highest BCUT2D eigenvalue weighted by Crippen LogP contribution is 2.53. The summed E-state index contributed by atoms with van der Waals surface area (Å²) in [5.41, 5.74) is 0.334. The summed E-state index contributed by atoms with van der Waals surface area (Å²) in [7, 11) is 1.55. The number of methoxy groups -OCH3 is 1. The van der Waals surface area contributed by atoms with Gasteiger partial charge in [0, 0.05) is 11.6 Å². The maximum absolute atomic E-state index is 10.5. The SMILES string of the molecule is CCOc1cc(OC)c(Cl)cc1C1(N=C=O)CC1. The van der Waals surface area contributed by atoms with Crippen molar-refractivity contribution in [2.75, 3.05) is 13.7 Å². The van der Waals surface area contributed by atoms with Crippen LogP contribution in [0, 0.1) is 0 Å². The first-order valence-corrected chi connectivity index (χ1v) is 6.14. The molecule has 0 radical (unpaired) electrons. The smallest absolute Gasteiger partial charge is 0.235 e. The first-order valence-electron chi connectivity index (χ1n) is 5.76. The lowest BCUT2D eigenvalue weighted by atomic mass is 10.0. The molecule has 0 aliphatic heterocycles. The molecular formula is C13H14ClNO3. The lowest BCUT2D eigenvalue weighted by Gasteiger charge is -2.16. The number of halogens is 1. The molecule has 0 atom stereocenters. The van der Waals surface area contributed by atoms with Crippen LogP contribution in [0.1, 0.15) is 25.3 Å². The quantitative estimate of drug-likeness (QED) is 0.608. The number of isocyanates is 1. The van der Waals surface area contributed by atoms with E-state index in [0.717, 1.165) is 18.4 Å². The third-order valence-electron chi connectivity index (χ3n) is 3.04. The van der Waals surface area contributed by atoms with Crippen molar-refractivity contribution in [2.24, 2.45) is 4.99 Å². The molecular weight excluding hydrogens is 254 g/mol. The number of nitrogens with zero attached hydrogens (tertiary/aromatic N) is 1. The fourth-order valence-corrected chi connectivity index (χ4v) is 2.22. The van der Waals surface area contributed by atoms with Gasteiger partial charge >= 0.3 is 0 Å². The van der Waals surface area contributed by atoms with Crippen molar-refractivity contribution in [3.8, 4) is 11.5 Å². The van der Waals surface area contributed by atoms with Gasteiger partial charge in [-0.2, -0.15) is 4.99 Å². The van der Waals surface area contributed by atoms with E-state index in [2.05, 4.69) is 4.99 Å². The van der Waals surface area contributed by atoms with Crippen LogP contribution in [0.3, 0.4) is 0 Å². The van der Waals surface area contributed by atoms with Crippen LogP contribution in [0.2, 0.25) is 5.02 Å². The summed E-state index contributed by atoms with van der Waals surface area (Å²) in [5.74, 6) is 1.21.